The summed E-state index contributed by atoms with van der Waals surface area (Å²) in [5, 5.41) is 17.7. The molecule has 0 fully saturated rings. The minimum atomic E-state index is -0.502. The van der Waals surface area contributed by atoms with Crippen molar-refractivity contribution in [1.29, 1.82) is 5.26 Å². The summed E-state index contributed by atoms with van der Waals surface area (Å²) in [6.45, 7) is 0. The van der Waals surface area contributed by atoms with Crippen LogP contribution in [0.5, 0.6) is 0 Å². The Hall–Kier alpha value is -6.95. The molecular formula is C50H30N2. The first-order chi connectivity index (χ1) is 25.8. The molecule has 240 valence electrons. The number of nitrogens with zero attached hydrogens (tertiary/aromatic N) is 2. The van der Waals surface area contributed by atoms with Gasteiger partial charge in [-0.2, -0.15) is 5.26 Å². The molecule has 2 nitrogen and oxygen atoms in total. The lowest BCUT2D eigenvalue weighted by atomic mass is 9.69. The van der Waals surface area contributed by atoms with Crippen molar-refractivity contribution < 1.29 is 0 Å². The van der Waals surface area contributed by atoms with Gasteiger partial charge in [0.05, 0.1) is 16.7 Å². The highest BCUT2D eigenvalue weighted by molar-refractivity contribution is 6.20. The third-order valence-corrected chi connectivity index (χ3v) is 11.4. The highest BCUT2D eigenvalue weighted by atomic mass is 15.1. The van der Waals surface area contributed by atoms with E-state index in [4.69, 9.17) is 0 Å². The fourth-order valence-corrected chi connectivity index (χ4v) is 9.45. The average molecular weight is 659 g/mol. The molecule has 0 heterocycles. The molecule has 0 aliphatic heterocycles. The fourth-order valence-electron chi connectivity index (χ4n) is 9.45. The molecule has 0 aromatic heterocycles. The number of fused-ring (bicyclic) bond motifs is 16. The van der Waals surface area contributed by atoms with Crippen LogP contribution in [0.2, 0.25) is 0 Å². The summed E-state index contributed by atoms with van der Waals surface area (Å²) in [7, 11) is 0. The van der Waals surface area contributed by atoms with Crippen LogP contribution in [0.15, 0.2) is 182 Å². The number of hydrogen-bond acceptors (Lipinski definition) is 2. The Balaban J connectivity index is 1.27. The summed E-state index contributed by atoms with van der Waals surface area (Å²) in [6, 6.07) is 68.3. The van der Waals surface area contributed by atoms with Gasteiger partial charge in [-0.25, -0.2) is 0 Å². The number of benzene rings is 9. The van der Waals surface area contributed by atoms with Crippen molar-refractivity contribution in [3.63, 3.8) is 0 Å². The fraction of sp³-hybridized carbons (Fsp3) is 0.0200. The van der Waals surface area contributed by atoms with Crippen LogP contribution in [0.4, 0.5) is 17.1 Å². The molecule has 0 N–H and O–H groups in total. The first kappa shape index (κ1) is 28.8. The molecule has 0 amide bonds. The largest absolute Gasteiger partial charge is 0.309 e. The van der Waals surface area contributed by atoms with Crippen molar-refractivity contribution in [2.75, 3.05) is 4.90 Å². The van der Waals surface area contributed by atoms with Crippen LogP contribution in [0, 0.1) is 11.3 Å². The van der Waals surface area contributed by atoms with Crippen LogP contribution < -0.4 is 4.90 Å². The molecule has 2 aliphatic carbocycles. The standard InChI is InChI=1S/C50H30N2/c51-31-33-14-4-13-25-47(33)52(35-15-2-1-3-16-35)36-27-26-32-29-43-46(30-34(32)28-36)50(44-23-11-9-19-39(44)40-20-10-12-24-45(40)50)49-42-22-8-6-18-38(42)37-17-5-7-21-41(37)48(43)49/h1-30H. The molecule has 11 rings (SSSR count). The van der Waals surface area contributed by atoms with Gasteiger partial charge in [0, 0.05) is 11.4 Å². The van der Waals surface area contributed by atoms with E-state index in [0.717, 1.165) is 22.4 Å². The second kappa shape index (κ2) is 10.8. The van der Waals surface area contributed by atoms with Gasteiger partial charge < -0.3 is 4.90 Å². The molecule has 0 unspecified atom stereocenters. The van der Waals surface area contributed by atoms with Gasteiger partial charge >= 0.3 is 0 Å². The minimum absolute atomic E-state index is 0.502. The van der Waals surface area contributed by atoms with E-state index in [2.05, 4.69) is 163 Å². The lowest BCUT2D eigenvalue weighted by Gasteiger charge is -2.32. The molecule has 0 saturated heterocycles. The zero-order valence-electron chi connectivity index (χ0n) is 28.2. The number of rotatable bonds is 3. The number of hydrogen-bond donors (Lipinski definition) is 0. The molecule has 52 heavy (non-hydrogen) atoms. The van der Waals surface area contributed by atoms with Crippen molar-refractivity contribution >= 4 is 49.4 Å². The van der Waals surface area contributed by atoms with Crippen LogP contribution in [0.1, 0.15) is 27.8 Å². The number of para-hydroxylation sites is 2. The van der Waals surface area contributed by atoms with Gasteiger partial charge in [-0.1, -0.05) is 133 Å². The van der Waals surface area contributed by atoms with Gasteiger partial charge in [0.2, 0.25) is 0 Å². The third kappa shape index (κ3) is 3.72. The van der Waals surface area contributed by atoms with Crippen LogP contribution in [0.25, 0.3) is 54.6 Å². The first-order valence-electron chi connectivity index (χ1n) is 17.8. The summed E-state index contributed by atoms with van der Waals surface area (Å²) in [5.74, 6) is 0. The molecule has 0 bridgehead atoms. The molecule has 2 aliphatic rings. The quantitative estimate of drug-likeness (QED) is 0.177. The smallest absolute Gasteiger partial charge is 0.101 e. The lowest BCUT2D eigenvalue weighted by Crippen LogP contribution is -2.26. The van der Waals surface area contributed by atoms with Crippen LogP contribution >= 0.6 is 0 Å². The summed E-state index contributed by atoms with van der Waals surface area (Å²) < 4.78 is 0. The number of nitriles is 1. The maximum absolute atomic E-state index is 10.2. The van der Waals surface area contributed by atoms with Gasteiger partial charge in [-0.3, -0.25) is 0 Å². The van der Waals surface area contributed by atoms with E-state index in [1.165, 1.54) is 71.4 Å². The maximum atomic E-state index is 10.2. The molecule has 0 saturated carbocycles. The van der Waals surface area contributed by atoms with Crippen molar-refractivity contribution in [3.8, 4) is 28.3 Å². The molecular weight excluding hydrogens is 629 g/mol. The van der Waals surface area contributed by atoms with Crippen molar-refractivity contribution in [2.24, 2.45) is 0 Å². The van der Waals surface area contributed by atoms with Crippen LogP contribution in [-0.4, -0.2) is 0 Å². The molecule has 0 atom stereocenters. The van der Waals surface area contributed by atoms with E-state index in [-0.39, 0.29) is 0 Å². The summed E-state index contributed by atoms with van der Waals surface area (Å²) in [5.41, 5.74) is 13.6. The predicted molar refractivity (Wildman–Crippen MR) is 215 cm³/mol. The highest BCUT2D eigenvalue weighted by Gasteiger charge is 2.53. The summed E-state index contributed by atoms with van der Waals surface area (Å²) in [4.78, 5) is 2.21. The van der Waals surface area contributed by atoms with Crippen LogP contribution in [0.3, 0.4) is 0 Å². The van der Waals surface area contributed by atoms with Gasteiger partial charge in [-0.15, -0.1) is 0 Å². The highest BCUT2D eigenvalue weighted by Crippen LogP contribution is 2.65. The molecule has 9 aromatic rings. The van der Waals surface area contributed by atoms with E-state index in [1.54, 1.807) is 0 Å². The monoisotopic (exact) mass is 658 g/mol. The Kier molecular flexibility index (Phi) is 5.98. The molecule has 2 heteroatoms. The van der Waals surface area contributed by atoms with E-state index < -0.39 is 5.41 Å². The molecule has 0 radical (unpaired) electrons. The predicted octanol–water partition coefficient (Wildman–Crippen LogP) is 12.8. The van der Waals surface area contributed by atoms with E-state index >= 15 is 0 Å². The molecule has 9 aromatic carbocycles. The van der Waals surface area contributed by atoms with Gasteiger partial charge in [0.1, 0.15) is 6.07 Å². The first-order valence-corrected chi connectivity index (χ1v) is 17.8. The average Bonchev–Trinajstić information content (AvgIpc) is 3.68. The second-order valence-electron chi connectivity index (χ2n) is 13.9. The second-order valence-corrected chi connectivity index (χ2v) is 13.9. The minimum Gasteiger partial charge on any atom is -0.309 e. The molecule has 1 spiro atoms. The normalized spacial score (nSPS) is 13.1. The van der Waals surface area contributed by atoms with E-state index in [9.17, 15) is 5.26 Å². The van der Waals surface area contributed by atoms with Crippen LogP contribution in [-0.2, 0) is 5.41 Å². The van der Waals surface area contributed by atoms with E-state index in [0.29, 0.717) is 5.56 Å². The Labute approximate surface area is 302 Å². The van der Waals surface area contributed by atoms with Crippen molar-refractivity contribution in [1.82, 2.24) is 0 Å². The Morgan fingerprint density at radius 2 is 1.02 bits per heavy atom. The third-order valence-electron chi connectivity index (χ3n) is 11.4. The SMILES string of the molecule is N#Cc1ccccc1N(c1ccccc1)c1ccc2cc3c(cc2c1)C1(c2ccccc2-c2ccccc21)c1c-3c2ccccc2c2ccccc12. The zero-order valence-corrected chi connectivity index (χ0v) is 28.2. The van der Waals surface area contributed by atoms with Gasteiger partial charge in [0.25, 0.3) is 0 Å². The lowest BCUT2D eigenvalue weighted by molar-refractivity contribution is 0.803. The van der Waals surface area contributed by atoms with Crippen molar-refractivity contribution in [2.45, 2.75) is 5.41 Å². The van der Waals surface area contributed by atoms with Gasteiger partial charge in [0.15, 0.2) is 0 Å². The number of anilines is 3. The zero-order chi connectivity index (χ0) is 34.4. The summed E-state index contributed by atoms with van der Waals surface area (Å²) in [6.07, 6.45) is 0. The summed E-state index contributed by atoms with van der Waals surface area (Å²) >= 11 is 0. The Morgan fingerprint density at radius 3 is 1.75 bits per heavy atom. The Bertz CT molecular complexity index is 2940. The van der Waals surface area contributed by atoms with Crippen molar-refractivity contribution in [3.05, 3.63) is 210 Å². The topological polar surface area (TPSA) is 27.0 Å². The Morgan fingerprint density at radius 1 is 0.423 bits per heavy atom. The van der Waals surface area contributed by atoms with E-state index in [1.807, 2.05) is 30.3 Å². The maximum Gasteiger partial charge on any atom is 0.101 e. The van der Waals surface area contributed by atoms with Gasteiger partial charge in [-0.05, 0) is 125 Å².